The summed E-state index contributed by atoms with van der Waals surface area (Å²) in [6.07, 6.45) is 1.50. The maximum atomic E-state index is 15.0. The molecule has 0 atom stereocenters. The topological polar surface area (TPSA) is 82.6 Å². The predicted octanol–water partition coefficient (Wildman–Crippen LogP) is 4.88. The van der Waals surface area contributed by atoms with Gasteiger partial charge in [-0.2, -0.15) is 0 Å². The molecule has 1 amide bonds. The number of halogens is 3. The lowest BCUT2D eigenvalue weighted by molar-refractivity contribution is 0.0624. The number of nitrogens with one attached hydrogen (secondary N) is 1. The van der Waals surface area contributed by atoms with Crippen molar-refractivity contribution < 1.29 is 22.0 Å². The molecule has 0 unspecified atom stereocenters. The summed E-state index contributed by atoms with van der Waals surface area (Å²) in [5.74, 6) is -1.54. The Bertz CT molecular complexity index is 1620. The molecule has 1 aliphatic rings. The Labute approximate surface area is 232 Å². The normalized spacial score (nSPS) is 14.6. The molecule has 1 N–H and O–H groups in total. The predicted molar refractivity (Wildman–Crippen MR) is 149 cm³/mol. The Kier molecular flexibility index (Phi) is 7.59. The zero-order valence-electron chi connectivity index (χ0n) is 20.1. The van der Waals surface area contributed by atoms with Gasteiger partial charge in [-0.25, -0.2) is 17.2 Å². The number of amides is 1. The van der Waals surface area contributed by atoms with Crippen LogP contribution in [0, 0.1) is 15.2 Å². The van der Waals surface area contributed by atoms with Crippen molar-refractivity contribution in [3.8, 4) is 0 Å². The second kappa shape index (κ2) is 10.9. The Morgan fingerprint density at radius 1 is 0.947 bits per heavy atom. The average molecular weight is 648 g/mol. The third-order valence-corrected chi connectivity index (χ3v) is 8.67. The number of para-hydroxylation sites is 1. The van der Waals surface area contributed by atoms with E-state index in [1.807, 2.05) is 28.7 Å². The summed E-state index contributed by atoms with van der Waals surface area (Å²) < 4.78 is 57.8. The summed E-state index contributed by atoms with van der Waals surface area (Å²) in [4.78, 5) is 20.8. The second-order valence-electron chi connectivity index (χ2n) is 8.95. The number of rotatable bonds is 6. The van der Waals surface area contributed by atoms with Crippen LogP contribution in [-0.4, -0.2) is 55.3 Å². The number of sulfonamides is 1. The van der Waals surface area contributed by atoms with E-state index in [1.54, 1.807) is 35.2 Å². The minimum atomic E-state index is -4.05. The van der Waals surface area contributed by atoms with Crippen molar-refractivity contribution in [1.29, 1.82) is 0 Å². The van der Waals surface area contributed by atoms with E-state index < -0.39 is 21.7 Å². The van der Waals surface area contributed by atoms with Crippen molar-refractivity contribution in [3.63, 3.8) is 0 Å². The first-order valence-corrected chi connectivity index (χ1v) is 14.4. The maximum Gasteiger partial charge on any atom is 0.264 e. The molecule has 5 rings (SSSR count). The molecular weight excluding hydrogens is 625 g/mol. The molecule has 0 bridgehead atoms. The first-order chi connectivity index (χ1) is 18.2. The lowest BCUT2D eigenvalue weighted by atomic mass is 10.1. The standard InChI is InChI=1S/C27H23F2IN4O3S/c28-22-16-20(32-38(36,37)25-5-1-3-19-4-2-10-31-26(19)25)7-8-21(22)27(35)34-13-11-33(12-14-34)17-18-6-9-24(30)23(29)15-18/h1-10,15-16,32H,11-14,17H2. The summed E-state index contributed by atoms with van der Waals surface area (Å²) in [6.45, 7) is 2.49. The average Bonchev–Trinajstić information content (AvgIpc) is 2.90. The van der Waals surface area contributed by atoms with Gasteiger partial charge in [0.05, 0.1) is 16.8 Å². The van der Waals surface area contributed by atoms with Crippen molar-refractivity contribution in [3.05, 3.63) is 99.3 Å². The highest BCUT2D eigenvalue weighted by molar-refractivity contribution is 14.1. The molecule has 0 radical (unpaired) electrons. The molecule has 7 nitrogen and oxygen atoms in total. The van der Waals surface area contributed by atoms with Gasteiger partial charge in [0, 0.05) is 47.9 Å². The molecule has 1 saturated heterocycles. The lowest BCUT2D eigenvalue weighted by Gasteiger charge is -2.35. The van der Waals surface area contributed by atoms with Crippen LogP contribution in [0.1, 0.15) is 15.9 Å². The molecule has 11 heteroatoms. The SMILES string of the molecule is O=C(c1ccc(NS(=O)(=O)c2cccc3cccnc23)cc1F)N1CCN(Cc2ccc(I)c(F)c2)CC1. The van der Waals surface area contributed by atoms with Crippen LogP contribution < -0.4 is 4.72 Å². The Morgan fingerprint density at radius 3 is 2.45 bits per heavy atom. The Morgan fingerprint density at radius 2 is 1.71 bits per heavy atom. The monoisotopic (exact) mass is 648 g/mol. The number of hydrogen-bond acceptors (Lipinski definition) is 5. The summed E-state index contributed by atoms with van der Waals surface area (Å²) in [7, 11) is -4.05. The van der Waals surface area contributed by atoms with Gasteiger partial charge in [-0.05, 0) is 70.6 Å². The largest absolute Gasteiger partial charge is 0.336 e. The van der Waals surface area contributed by atoms with Crippen LogP contribution >= 0.6 is 22.6 Å². The fraction of sp³-hybridized carbons (Fsp3) is 0.185. The Hall–Kier alpha value is -3.16. The van der Waals surface area contributed by atoms with Crippen molar-refractivity contribution in [2.75, 3.05) is 30.9 Å². The first-order valence-electron chi connectivity index (χ1n) is 11.8. The number of carbonyl (C=O) groups is 1. The van der Waals surface area contributed by atoms with Crippen LogP contribution in [0.2, 0.25) is 0 Å². The molecule has 2 heterocycles. The smallest absolute Gasteiger partial charge is 0.264 e. The third-order valence-electron chi connectivity index (χ3n) is 6.39. The van der Waals surface area contributed by atoms with E-state index in [0.717, 1.165) is 11.6 Å². The van der Waals surface area contributed by atoms with Crippen LogP contribution in [0.5, 0.6) is 0 Å². The third kappa shape index (κ3) is 5.64. The van der Waals surface area contributed by atoms with E-state index in [4.69, 9.17) is 0 Å². The Balaban J connectivity index is 1.24. The molecule has 0 aliphatic carbocycles. The number of anilines is 1. The van der Waals surface area contributed by atoms with Crippen LogP contribution in [0.25, 0.3) is 10.9 Å². The number of piperazine rings is 1. The number of benzene rings is 3. The molecule has 38 heavy (non-hydrogen) atoms. The summed E-state index contributed by atoms with van der Waals surface area (Å²) in [5, 5.41) is 0.660. The minimum Gasteiger partial charge on any atom is -0.336 e. The lowest BCUT2D eigenvalue weighted by Crippen LogP contribution is -2.48. The highest BCUT2D eigenvalue weighted by atomic mass is 127. The van der Waals surface area contributed by atoms with E-state index in [0.29, 0.717) is 47.2 Å². The fourth-order valence-electron chi connectivity index (χ4n) is 4.43. The van der Waals surface area contributed by atoms with Gasteiger partial charge in [0.2, 0.25) is 0 Å². The zero-order valence-corrected chi connectivity index (χ0v) is 23.0. The number of hydrogen-bond donors (Lipinski definition) is 1. The van der Waals surface area contributed by atoms with E-state index >= 15 is 0 Å². The molecule has 0 saturated carbocycles. The van der Waals surface area contributed by atoms with Crippen LogP contribution in [0.15, 0.2) is 77.8 Å². The summed E-state index contributed by atoms with van der Waals surface area (Å²) in [6, 6.07) is 17.0. The quantitative estimate of drug-likeness (QED) is 0.302. The first kappa shape index (κ1) is 26.4. The molecule has 1 aromatic heterocycles. The highest BCUT2D eigenvalue weighted by Gasteiger charge is 2.25. The van der Waals surface area contributed by atoms with Crippen molar-refractivity contribution >= 4 is 55.1 Å². The van der Waals surface area contributed by atoms with Gasteiger partial charge in [-0.3, -0.25) is 19.4 Å². The van der Waals surface area contributed by atoms with Crippen molar-refractivity contribution in [1.82, 2.24) is 14.8 Å². The van der Waals surface area contributed by atoms with Gasteiger partial charge in [-0.15, -0.1) is 0 Å². The molecule has 3 aromatic carbocycles. The number of pyridine rings is 1. The second-order valence-corrected chi connectivity index (χ2v) is 11.8. The number of fused-ring (bicyclic) bond motifs is 1. The molecule has 0 spiro atoms. The van der Waals surface area contributed by atoms with E-state index in [1.165, 1.54) is 30.5 Å². The zero-order chi connectivity index (χ0) is 26.9. The molecule has 1 aliphatic heterocycles. The number of carbonyl (C=O) groups excluding carboxylic acids is 1. The maximum absolute atomic E-state index is 15.0. The number of nitrogens with zero attached hydrogens (tertiary/aromatic N) is 3. The van der Waals surface area contributed by atoms with Crippen molar-refractivity contribution in [2.45, 2.75) is 11.4 Å². The van der Waals surface area contributed by atoms with Gasteiger partial charge in [0.25, 0.3) is 15.9 Å². The van der Waals surface area contributed by atoms with E-state index in [2.05, 4.69) is 14.6 Å². The van der Waals surface area contributed by atoms with Crippen LogP contribution in [-0.2, 0) is 16.6 Å². The van der Waals surface area contributed by atoms with Crippen molar-refractivity contribution in [2.24, 2.45) is 0 Å². The highest BCUT2D eigenvalue weighted by Crippen LogP contribution is 2.25. The molecule has 4 aromatic rings. The van der Waals surface area contributed by atoms with Gasteiger partial charge in [0.15, 0.2) is 0 Å². The van der Waals surface area contributed by atoms with Gasteiger partial charge >= 0.3 is 0 Å². The van der Waals surface area contributed by atoms with Gasteiger partial charge < -0.3 is 4.90 Å². The molecular formula is C27H23F2IN4O3S. The van der Waals surface area contributed by atoms with Crippen LogP contribution in [0.3, 0.4) is 0 Å². The molecule has 196 valence electrons. The number of aromatic nitrogens is 1. The fourth-order valence-corrected chi connectivity index (χ4v) is 6.00. The van der Waals surface area contributed by atoms with Gasteiger partial charge in [0.1, 0.15) is 16.5 Å². The van der Waals surface area contributed by atoms with Crippen LogP contribution in [0.4, 0.5) is 14.5 Å². The minimum absolute atomic E-state index is 0.00144. The van der Waals surface area contributed by atoms with E-state index in [-0.39, 0.29) is 22.0 Å². The van der Waals surface area contributed by atoms with Gasteiger partial charge in [-0.1, -0.05) is 24.3 Å². The van der Waals surface area contributed by atoms with E-state index in [9.17, 15) is 22.0 Å². The summed E-state index contributed by atoms with van der Waals surface area (Å²) in [5.41, 5.74) is 1.03. The molecule has 1 fully saturated rings. The summed E-state index contributed by atoms with van der Waals surface area (Å²) >= 11 is 1.94.